The van der Waals surface area contributed by atoms with Crippen LogP contribution in [0.5, 0.6) is 23.0 Å². The van der Waals surface area contributed by atoms with Gasteiger partial charge in [-0.1, -0.05) is 96.6 Å². The first-order valence-corrected chi connectivity index (χ1v) is 17.1. The largest absolute Gasteiger partial charge is 0.457 e. The van der Waals surface area contributed by atoms with E-state index in [2.05, 4.69) is 59.7 Å². The second kappa shape index (κ2) is 16.3. The number of hydrogen-bond donors (Lipinski definition) is 0. The summed E-state index contributed by atoms with van der Waals surface area (Å²) in [5.41, 5.74) is 4.50. The van der Waals surface area contributed by atoms with E-state index in [1.807, 2.05) is 128 Å². The summed E-state index contributed by atoms with van der Waals surface area (Å²) in [5, 5.41) is 6.87. The van der Waals surface area contributed by atoms with E-state index in [4.69, 9.17) is 9.47 Å². The van der Waals surface area contributed by atoms with Crippen LogP contribution in [0.1, 0.15) is 27.0 Å². The highest BCUT2D eigenvalue weighted by atomic mass is 32.1. The zero-order valence-corrected chi connectivity index (χ0v) is 29.0. The number of benzene rings is 7. The van der Waals surface area contributed by atoms with E-state index in [9.17, 15) is 4.79 Å². The lowest BCUT2D eigenvalue weighted by molar-refractivity contribution is -0.661. The lowest BCUT2D eigenvalue weighted by Crippen LogP contribution is -2.24. The maximum Gasteiger partial charge on any atom is 0.193 e. The predicted octanol–water partition coefficient (Wildman–Crippen LogP) is 11.1. The minimum absolute atomic E-state index is 0.0187. The Labute approximate surface area is 296 Å². The molecule has 0 radical (unpaired) electrons. The quantitative estimate of drug-likeness (QED) is 0.130. The molecular formula is C44H37N2O3S+. The number of rotatable bonds is 6. The van der Waals surface area contributed by atoms with Gasteiger partial charge in [0.1, 0.15) is 27.7 Å². The lowest BCUT2D eigenvalue weighted by atomic mass is 9.97. The molecule has 0 amide bonds. The molecule has 0 aliphatic heterocycles. The summed E-state index contributed by atoms with van der Waals surface area (Å²) >= 11 is 1.66. The third kappa shape index (κ3) is 9.07. The van der Waals surface area contributed by atoms with Crippen molar-refractivity contribution in [2.24, 2.45) is 7.05 Å². The van der Waals surface area contributed by atoms with Gasteiger partial charge in [-0.25, -0.2) is 0 Å². The Bertz CT molecular complexity index is 2220. The van der Waals surface area contributed by atoms with Gasteiger partial charge in [0.15, 0.2) is 29.9 Å². The van der Waals surface area contributed by atoms with Gasteiger partial charge in [-0.05, 0) is 113 Å². The smallest absolute Gasteiger partial charge is 0.193 e. The van der Waals surface area contributed by atoms with Crippen molar-refractivity contribution in [1.29, 1.82) is 0 Å². The van der Waals surface area contributed by atoms with Crippen LogP contribution in [0.25, 0.3) is 21.0 Å². The SMILES string of the molecule is C[n+]1nc2ccccc2s1.Cc1ccc(C)c(C(=O)c2ccc(Oc3ccc(Oc4ccccc4)cc3)cc2)c1.c1ccc2ccccc2c1. The summed E-state index contributed by atoms with van der Waals surface area (Å²) in [6.45, 7) is 3.94. The minimum Gasteiger partial charge on any atom is -0.457 e. The highest BCUT2D eigenvalue weighted by molar-refractivity contribution is 7.09. The Morgan fingerprint density at radius 1 is 0.560 bits per heavy atom. The van der Waals surface area contributed by atoms with Crippen LogP contribution in [0, 0.1) is 13.8 Å². The molecule has 0 N–H and O–H groups in total. The highest BCUT2D eigenvalue weighted by Crippen LogP contribution is 2.27. The van der Waals surface area contributed by atoms with Crippen molar-refractivity contribution in [2.75, 3.05) is 0 Å². The molecule has 0 aliphatic carbocycles. The summed E-state index contributed by atoms with van der Waals surface area (Å²) in [6.07, 6.45) is 0. The number of hydrogen-bond acceptors (Lipinski definition) is 5. The van der Waals surface area contributed by atoms with Crippen LogP contribution in [0.3, 0.4) is 0 Å². The van der Waals surface area contributed by atoms with Crippen molar-refractivity contribution in [3.63, 3.8) is 0 Å². The third-order valence-corrected chi connectivity index (χ3v) is 8.68. The number of ketones is 1. The molecular weight excluding hydrogens is 637 g/mol. The average molecular weight is 674 g/mol. The molecule has 0 saturated carbocycles. The molecule has 50 heavy (non-hydrogen) atoms. The fraction of sp³-hybridized carbons (Fsp3) is 0.0682. The van der Waals surface area contributed by atoms with E-state index in [1.54, 1.807) is 23.7 Å². The van der Waals surface area contributed by atoms with Gasteiger partial charge in [0, 0.05) is 16.2 Å². The summed E-state index contributed by atoms with van der Waals surface area (Å²) < 4.78 is 14.8. The molecule has 0 atom stereocenters. The molecule has 0 aliphatic rings. The average Bonchev–Trinajstić information content (AvgIpc) is 3.55. The number of carbonyl (C=O) groups is 1. The van der Waals surface area contributed by atoms with Gasteiger partial charge in [-0.3, -0.25) is 4.79 Å². The van der Waals surface area contributed by atoms with Crippen molar-refractivity contribution in [3.8, 4) is 23.0 Å². The number of aromatic nitrogens is 2. The molecule has 0 spiro atoms. The number of nitrogens with zero attached hydrogens (tertiary/aromatic N) is 2. The molecule has 1 aromatic heterocycles. The zero-order chi connectivity index (χ0) is 34.7. The molecule has 0 unspecified atom stereocenters. The maximum atomic E-state index is 12.8. The summed E-state index contributed by atoms with van der Waals surface area (Å²) in [6, 6.07) is 55.0. The highest BCUT2D eigenvalue weighted by Gasteiger charge is 2.12. The first kappa shape index (κ1) is 33.8. The summed E-state index contributed by atoms with van der Waals surface area (Å²) in [7, 11) is 1.95. The Morgan fingerprint density at radius 2 is 1.04 bits per heavy atom. The second-order valence-corrected chi connectivity index (χ2v) is 12.8. The normalized spacial score (nSPS) is 10.4. The molecule has 1 heterocycles. The van der Waals surface area contributed by atoms with Crippen LogP contribution in [-0.2, 0) is 7.05 Å². The van der Waals surface area contributed by atoms with Crippen molar-refractivity contribution in [2.45, 2.75) is 13.8 Å². The van der Waals surface area contributed by atoms with Crippen molar-refractivity contribution in [3.05, 3.63) is 192 Å². The first-order chi connectivity index (χ1) is 24.4. The Balaban J connectivity index is 0.000000173. The molecule has 8 aromatic rings. The van der Waals surface area contributed by atoms with E-state index in [0.29, 0.717) is 17.1 Å². The first-order valence-electron chi connectivity index (χ1n) is 16.3. The van der Waals surface area contributed by atoms with E-state index in [-0.39, 0.29) is 5.78 Å². The van der Waals surface area contributed by atoms with Crippen molar-refractivity contribution >= 4 is 38.3 Å². The van der Waals surface area contributed by atoms with Gasteiger partial charge < -0.3 is 9.47 Å². The molecule has 8 rings (SSSR count). The number of fused-ring (bicyclic) bond motifs is 2. The van der Waals surface area contributed by atoms with Crippen LogP contribution in [0.2, 0.25) is 0 Å². The minimum atomic E-state index is 0.0187. The molecule has 6 heteroatoms. The number of aryl methyl sites for hydroxylation is 3. The Hall–Kier alpha value is -6.11. The maximum absolute atomic E-state index is 12.8. The van der Waals surface area contributed by atoms with Crippen molar-refractivity contribution < 1.29 is 18.3 Å². The van der Waals surface area contributed by atoms with Gasteiger partial charge in [0.05, 0.1) is 0 Å². The standard InChI is InChI=1S/C27H22O3.C10H8.C7H7N2S/c1-19-8-9-20(2)26(18-19)27(28)21-10-12-23(13-11-21)30-25-16-14-24(15-17-25)29-22-6-4-3-5-7-22;1-2-6-10-8-4-3-7-9(10)5-1;1-9-8-6-4-2-3-5-7(6)10-9/h3-18H,1-2H3;1-8H;2-5H,1H3/q;;+1. The van der Waals surface area contributed by atoms with Crippen LogP contribution >= 0.6 is 11.5 Å². The van der Waals surface area contributed by atoms with E-state index >= 15 is 0 Å². The predicted molar refractivity (Wildman–Crippen MR) is 204 cm³/mol. The third-order valence-electron chi connectivity index (χ3n) is 7.80. The molecule has 0 fully saturated rings. The molecule has 0 bridgehead atoms. The van der Waals surface area contributed by atoms with E-state index in [1.165, 1.54) is 15.5 Å². The molecule has 5 nitrogen and oxygen atoms in total. The Kier molecular flexibility index (Phi) is 11.0. The fourth-order valence-electron chi connectivity index (χ4n) is 5.21. The zero-order valence-electron chi connectivity index (χ0n) is 28.2. The topological polar surface area (TPSA) is 52.3 Å². The van der Waals surface area contributed by atoms with Gasteiger partial charge in [0.2, 0.25) is 0 Å². The lowest BCUT2D eigenvalue weighted by Gasteiger charge is -2.09. The fourth-order valence-corrected chi connectivity index (χ4v) is 5.97. The van der Waals surface area contributed by atoms with Gasteiger partial charge >= 0.3 is 0 Å². The van der Waals surface area contributed by atoms with E-state index in [0.717, 1.165) is 33.7 Å². The van der Waals surface area contributed by atoms with Crippen LogP contribution in [-0.4, -0.2) is 10.9 Å². The van der Waals surface area contributed by atoms with E-state index < -0.39 is 0 Å². The second-order valence-electron chi connectivity index (χ2n) is 11.6. The van der Waals surface area contributed by atoms with Gasteiger partial charge in [-0.2, -0.15) is 0 Å². The van der Waals surface area contributed by atoms with Crippen LogP contribution < -0.4 is 13.5 Å². The number of para-hydroxylation sites is 1. The summed E-state index contributed by atoms with van der Waals surface area (Å²) in [4.78, 5) is 12.8. The number of ether oxygens (including phenoxy) is 2. The molecule has 7 aromatic carbocycles. The molecule has 0 saturated heterocycles. The Morgan fingerprint density at radius 3 is 1.60 bits per heavy atom. The van der Waals surface area contributed by atoms with Crippen LogP contribution in [0.15, 0.2) is 170 Å². The molecule has 246 valence electrons. The van der Waals surface area contributed by atoms with Gasteiger partial charge in [-0.15, -0.1) is 0 Å². The van der Waals surface area contributed by atoms with Crippen LogP contribution in [0.4, 0.5) is 0 Å². The summed E-state index contributed by atoms with van der Waals surface area (Å²) in [5.74, 6) is 2.91. The van der Waals surface area contributed by atoms with Crippen molar-refractivity contribution in [1.82, 2.24) is 5.10 Å². The monoisotopic (exact) mass is 673 g/mol. The van der Waals surface area contributed by atoms with Gasteiger partial charge in [0.25, 0.3) is 0 Å². The number of carbonyl (C=O) groups excluding carboxylic acids is 1.